The Kier molecular flexibility index (Phi) is 2.73. The Balaban J connectivity index is 2.08. The van der Waals surface area contributed by atoms with Gasteiger partial charge in [0.25, 0.3) is 5.91 Å². The predicted octanol–water partition coefficient (Wildman–Crippen LogP) is 0.196. The lowest BCUT2D eigenvalue weighted by molar-refractivity contribution is -0.115. The van der Waals surface area contributed by atoms with E-state index in [1.807, 2.05) is 0 Å². The molecule has 2 rings (SSSR count). The Labute approximate surface area is 88.5 Å². The number of carbonyl (C=O) groups excluding carboxylic acids is 2. The summed E-state index contributed by atoms with van der Waals surface area (Å²) in [4.78, 5) is 24.6. The third-order valence-corrected chi connectivity index (χ3v) is 2.95. The van der Waals surface area contributed by atoms with Crippen LogP contribution in [-0.4, -0.2) is 36.5 Å². The highest BCUT2D eigenvalue weighted by Crippen LogP contribution is 2.20. The van der Waals surface area contributed by atoms with E-state index in [4.69, 9.17) is 0 Å². The number of carbonyl (C=O) groups is 2. The van der Waals surface area contributed by atoms with Crippen LogP contribution in [0.25, 0.3) is 0 Å². The molecule has 2 aliphatic heterocycles. The van der Waals surface area contributed by atoms with Crippen molar-refractivity contribution >= 4 is 11.9 Å². The summed E-state index contributed by atoms with van der Waals surface area (Å²) >= 11 is 0. The van der Waals surface area contributed by atoms with Crippen LogP contribution in [0, 0.1) is 0 Å². The third kappa shape index (κ3) is 2.02. The Bertz CT molecular complexity index is 326. The summed E-state index contributed by atoms with van der Waals surface area (Å²) in [7, 11) is 0. The van der Waals surface area contributed by atoms with Gasteiger partial charge in [-0.2, -0.15) is 0 Å². The molecule has 2 saturated heterocycles. The minimum absolute atomic E-state index is 0.278. The molecule has 2 heterocycles. The van der Waals surface area contributed by atoms with Crippen molar-refractivity contribution in [3.05, 3.63) is 11.3 Å². The van der Waals surface area contributed by atoms with Crippen molar-refractivity contribution < 1.29 is 9.59 Å². The molecular formula is C10H15N3O2. The van der Waals surface area contributed by atoms with E-state index < -0.39 is 6.03 Å². The summed E-state index contributed by atoms with van der Waals surface area (Å²) in [6, 6.07) is -0.402. The van der Waals surface area contributed by atoms with Crippen molar-refractivity contribution in [1.82, 2.24) is 15.5 Å². The molecule has 0 saturated carbocycles. The van der Waals surface area contributed by atoms with E-state index in [0.717, 1.165) is 38.0 Å². The molecule has 2 fully saturated rings. The second-order valence-electron chi connectivity index (χ2n) is 3.82. The number of amides is 3. The summed E-state index contributed by atoms with van der Waals surface area (Å²) in [6.45, 7) is 5.11. The highest BCUT2D eigenvalue weighted by molar-refractivity contribution is 6.12. The first kappa shape index (κ1) is 10.2. The Hall–Kier alpha value is -1.36. The van der Waals surface area contributed by atoms with Gasteiger partial charge in [0.15, 0.2) is 0 Å². The monoisotopic (exact) mass is 209 g/mol. The average Bonchev–Trinajstić information content (AvgIpc) is 2.58. The normalized spacial score (nSPS) is 23.0. The fourth-order valence-corrected chi connectivity index (χ4v) is 2.01. The molecule has 0 aliphatic carbocycles. The van der Waals surface area contributed by atoms with Crippen molar-refractivity contribution in [1.29, 1.82) is 0 Å². The molecular weight excluding hydrogens is 194 g/mol. The first-order valence-electron chi connectivity index (χ1n) is 5.27. The average molecular weight is 209 g/mol. The van der Waals surface area contributed by atoms with E-state index in [0.29, 0.717) is 5.70 Å². The number of piperidine rings is 1. The number of rotatable bonds is 1. The molecule has 0 unspecified atom stereocenters. The molecule has 82 valence electrons. The topological polar surface area (TPSA) is 61.4 Å². The van der Waals surface area contributed by atoms with Crippen molar-refractivity contribution in [2.75, 3.05) is 19.6 Å². The second kappa shape index (κ2) is 4.02. The number of nitrogens with zero attached hydrogens (tertiary/aromatic N) is 1. The van der Waals surface area contributed by atoms with Crippen LogP contribution in [0.5, 0.6) is 0 Å². The quantitative estimate of drug-likeness (QED) is 0.479. The lowest BCUT2D eigenvalue weighted by atomic mass is 10.0. The first-order valence-corrected chi connectivity index (χ1v) is 5.27. The van der Waals surface area contributed by atoms with Gasteiger partial charge in [-0.3, -0.25) is 10.1 Å². The van der Waals surface area contributed by atoms with Crippen LogP contribution in [-0.2, 0) is 4.79 Å². The molecule has 5 nitrogen and oxygen atoms in total. The summed E-state index contributed by atoms with van der Waals surface area (Å²) in [5, 5.41) is 4.80. The molecule has 5 heteroatoms. The molecule has 0 bridgehead atoms. The van der Waals surface area contributed by atoms with Crippen molar-refractivity contribution in [2.45, 2.75) is 19.8 Å². The van der Waals surface area contributed by atoms with Gasteiger partial charge in [0.1, 0.15) is 5.70 Å². The minimum atomic E-state index is -0.402. The molecule has 0 radical (unpaired) electrons. The molecule has 0 aromatic heterocycles. The molecule has 0 spiro atoms. The zero-order chi connectivity index (χ0) is 10.8. The third-order valence-electron chi connectivity index (χ3n) is 2.95. The summed E-state index contributed by atoms with van der Waals surface area (Å²) in [5.74, 6) is -0.278. The SMILES string of the molecule is CCN1CCC(=C2NC(=O)NC2=O)CC1. The van der Waals surface area contributed by atoms with Gasteiger partial charge in [0.05, 0.1) is 0 Å². The smallest absolute Gasteiger partial charge is 0.303 e. The fraction of sp³-hybridized carbons (Fsp3) is 0.600. The van der Waals surface area contributed by atoms with E-state index in [2.05, 4.69) is 22.5 Å². The number of hydrogen-bond acceptors (Lipinski definition) is 3. The number of hydrogen-bond donors (Lipinski definition) is 2. The van der Waals surface area contributed by atoms with Gasteiger partial charge in [-0.05, 0) is 25.0 Å². The van der Waals surface area contributed by atoms with Crippen LogP contribution in [0.4, 0.5) is 4.79 Å². The van der Waals surface area contributed by atoms with Crippen LogP contribution in [0.2, 0.25) is 0 Å². The van der Waals surface area contributed by atoms with Gasteiger partial charge >= 0.3 is 6.03 Å². The lowest BCUT2D eigenvalue weighted by Crippen LogP contribution is -2.31. The van der Waals surface area contributed by atoms with E-state index in [9.17, 15) is 9.59 Å². The van der Waals surface area contributed by atoms with Crippen molar-refractivity contribution in [2.24, 2.45) is 0 Å². The van der Waals surface area contributed by atoms with Gasteiger partial charge in [-0.1, -0.05) is 6.92 Å². The van der Waals surface area contributed by atoms with E-state index in [-0.39, 0.29) is 5.91 Å². The van der Waals surface area contributed by atoms with Gasteiger partial charge in [0, 0.05) is 13.1 Å². The Morgan fingerprint density at radius 3 is 2.33 bits per heavy atom. The zero-order valence-corrected chi connectivity index (χ0v) is 8.80. The van der Waals surface area contributed by atoms with Gasteiger partial charge in [0.2, 0.25) is 0 Å². The van der Waals surface area contributed by atoms with Crippen molar-refractivity contribution in [3.63, 3.8) is 0 Å². The highest BCUT2D eigenvalue weighted by atomic mass is 16.2. The molecule has 0 aromatic rings. The van der Waals surface area contributed by atoms with E-state index >= 15 is 0 Å². The molecule has 2 N–H and O–H groups in total. The van der Waals surface area contributed by atoms with Gasteiger partial charge in [-0.25, -0.2) is 4.79 Å². The maximum absolute atomic E-state index is 11.4. The van der Waals surface area contributed by atoms with Crippen LogP contribution in [0.3, 0.4) is 0 Å². The highest BCUT2D eigenvalue weighted by Gasteiger charge is 2.27. The Morgan fingerprint density at radius 1 is 1.20 bits per heavy atom. The van der Waals surface area contributed by atoms with Crippen LogP contribution < -0.4 is 10.6 Å². The van der Waals surface area contributed by atoms with E-state index in [1.54, 1.807) is 0 Å². The Morgan fingerprint density at radius 2 is 1.87 bits per heavy atom. The molecule has 0 atom stereocenters. The molecule has 2 aliphatic rings. The molecule has 15 heavy (non-hydrogen) atoms. The maximum Gasteiger partial charge on any atom is 0.326 e. The second-order valence-corrected chi connectivity index (χ2v) is 3.82. The summed E-state index contributed by atoms with van der Waals surface area (Å²) in [5.41, 5.74) is 1.55. The fourth-order valence-electron chi connectivity index (χ4n) is 2.01. The zero-order valence-electron chi connectivity index (χ0n) is 8.80. The number of nitrogens with one attached hydrogen (secondary N) is 2. The summed E-state index contributed by atoms with van der Waals surface area (Å²) < 4.78 is 0. The number of urea groups is 1. The van der Waals surface area contributed by atoms with Gasteiger partial charge < -0.3 is 10.2 Å². The van der Waals surface area contributed by atoms with Crippen LogP contribution in [0.1, 0.15) is 19.8 Å². The predicted molar refractivity (Wildman–Crippen MR) is 55.0 cm³/mol. The maximum atomic E-state index is 11.4. The number of imide groups is 1. The van der Waals surface area contributed by atoms with Crippen LogP contribution in [0.15, 0.2) is 11.3 Å². The minimum Gasteiger partial charge on any atom is -0.303 e. The van der Waals surface area contributed by atoms with E-state index in [1.165, 1.54) is 0 Å². The first-order chi connectivity index (χ1) is 7.20. The molecule has 3 amide bonds. The largest absolute Gasteiger partial charge is 0.326 e. The van der Waals surface area contributed by atoms with Crippen LogP contribution >= 0.6 is 0 Å². The molecule has 0 aromatic carbocycles. The number of likely N-dealkylation sites (tertiary alicyclic amines) is 1. The standard InChI is InChI=1S/C10H15N3O2/c1-2-13-5-3-7(4-6-13)8-9(14)12-10(15)11-8/h2-6H2,1H3,(H2,11,12,14,15). The van der Waals surface area contributed by atoms with Crippen molar-refractivity contribution in [3.8, 4) is 0 Å². The van der Waals surface area contributed by atoms with Gasteiger partial charge in [-0.15, -0.1) is 0 Å². The summed E-state index contributed by atoms with van der Waals surface area (Å²) in [6.07, 6.45) is 1.74. The lowest BCUT2D eigenvalue weighted by Gasteiger charge is -2.27.